The van der Waals surface area contributed by atoms with Gasteiger partial charge in [-0.25, -0.2) is 0 Å². The molecular weight excluding hydrogens is 472 g/mol. The third-order valence-corrected chi connectivity index (χ3v) is 8.58. The molecule has 4 rings (SSSR count). The lowest BCUT2D eigenvalue weighted by Gasteiger charge is -2.23. The van der Waals surface area contributed by atoms with Gasteiger partial charge in [0.15, 0.2) is 16.6 Å². The van der Waals surface area contributed by atoms with Gasteiger partial charge in [0.2, 0.25) is 0 Å². The Morgan fingerprint density at radius 2 is 1.29 bits per heavy atom. The van der Waals surface area contributed by atoms with Crippen molar-refractivity contribution in [1.29, 1.82) is 0 Å². The summed E-state index contributed by atoms with van der Waals surface area (Å²) in [6.45, 7) is 3.01. The van der Waals surface area contributed by atoms with E-state index in [1.807, 2.05) is 0 Å². The number of carbonyl (C=O) groups is 2. The van der Waals surface area contributed by atoms with Gasteiger partial charge in [-0.05, 0) is 45.6 Å². The van der Waals surface area contributed by atoms with Crippen molar-refractivity contribution in [2.75, 3.05) is 16.4 Å². The van der Waals surface area contributed by atoms with Crippen LogP contribution in [-0.4, -0.2) is 28.6 Å². The third kappa shape index (κ3) is 7.27. The van der Waals surface area contributed by atoms with Gasteiger partial charge in [0.1, 0.15) is 5.00 Å². The number of nitrogens with one attached hydrogen (secondary N) is 2. The van der Waals surface area contributed by atoms with E-state index in [1.54, 1.807) is 13.0 Å². The van der Waals surface area contributed by atoms with Crippen LogP contribution in [0.2, 0.25) is 0 Å². The molecule has 2 aliphatic carbocycles. The van der Waals surface area contributed by atoms with Gasteiger partial charge in [0.25, 0.3) is 0 Å². The first kappa shape index (κ1) is 26.2. The van der Waals surface area contributed by atoms with Gasteiger partial charge in [0, 0.05) is 18.2 Å². The predicted octanol–water partition coefficient (Wildman–Crippen LogP) is 6.88. The normalized spacial score (nSPS) is 16.9. The second kappa shape index (κ2) is 12.3. The molecule has 0 unspecified atom stereocenters. The highest BCUT2D eigenvalue weighted by molar-refractivity contribution is 7.19. The average molecular weight is 507 g/mol. The van der Waals surface area contributed by atoms with E-state index < -0.39 is 4.92 Å². The van der Waals surface area contributed by atoms with Crippen molar-refractivity contribution in [1.82, 2.24) is 0 Å². The van der Waals surface area contributed by atoms with E-state index in [9.17, 15) is 19.7 Å². The van der Waals surface area contributed by atoms with Gasteiger partial charge in [-0.15, -0.1) is 22.7 Å². The number of nitrogens with zero attached hydrogens (tertiary/aromatic N) is 1. The number of ketones is 2. The molecule has 2 aliphatic rings. The summed E-state index contributed by atoms with van der Waals surface area (Å²) in [6, 6.07) is 3.99. The lowest BCUT2D eigenvalue weighted by molar-refractivity contribution is -0.383. The van der Waals surface area contributed by atoms with Crippen molar-refractivity contribution in [2.24, 2.45) is 0 Å². The molecule has 8 nitrogen and oxygen atoms in total. The third-order valence-electron chi connectivity index (χ3n) is 6.24. The lowest BCUT2D eigenvalue weighted by Crippen LogP contribution is -2.21. The molecule has 0 amide bonds. The van der Waals surface area contributed by atoms with Crippen LogP contribution < -0.4 is 16.4 Å². The molecule has 34 heavy (non-hydrogen) atoms. The average Bonchev–Trinajstić information content (AvgIpc) is 3.40. The Bertz CT molecular complexity index is 1000. The van der Waals surface area contributed by atoms with Crippen molar-refractivity contribution < 1.29 is 14.5 Å². The molecule has 0 radical (unpaired) electrons. The van der Waals surface area contributed by atoms with Crippen LogP contribution in [0.25, 0.3) is 0 Å². The van der Waals surface area contributed by atoms with E-state index in [2.05, 4.69) is 10.6 Å². The zero-order chi connectivity index (χ0) is 24.7. The smallest absolute Gasteiger partial charge is 0.304 e. The number of nitrogens with two attached hydrogens (primary N) is 1. The minimum absolute atomic E-state index is 0.0239. The minimum atomic E-state index is -0.423. The molecular formula is C24H34N4O4S2. The summed E-state index contributed by atoms with van der Waals surface area (Å²) in [5.74, 6) is -0.0341. The molecule has 0 aliphatic heterocycles. The van der Waals surface area contributed by atoms with Crippen LogP contribution in [0.3, 0.4) is 0 Å². The van der Waals surface area contributed by atoms with Crippen molar-refractivity contribution in [3.63, 3.8) is 0 Å². The van der Waals surface area contributed by atoms with E-state index in [1.165, 1.54) is 74.2 Å². The number of thiophene rings is 2. The monoisotopic (exact) mass is 506 g/mol. The van der Waals surface area contributed by atoms with Gasteiger partial charge in [-0.2, -0.15) is 0 Å². The van der Waals surface area contributed by atoms with E-state index in [0.29, 0.717) is 27.6 Å². The summed E-state index contributed by atoms with van der Waals surface area (Å²) >= 11 is 2.66. The highest BCUT2D eigenvalue weighted by Crippen LogP contribution is 2.37. The highest BCUT2D eigenvalue weighted by Gasteiger charge is 2.24. The summed E-state index contributed by atoms with van der Waals surface area (Å²) in [7, 11) is 0. The standard InChI is InChI=1S/C12H16N2O3S.C12H18N2OS/c1-8(15)11-7-10(14(16)17)12(18-11)13-9-5-3-2-4-6-9;1-8(15)11-7-10(13)12(16-11)14-9-5-3-2-4-6-9/h7,9,13H,2-6H2,1H3;7,9,14H,2-6,13H2,1H3. The van der Waals surface area contributed by atoms with Crippen LogP contribution in [0.1, 0.15) is 97.4 Å². The number of nitro groups is 1. The zero-order valence-electron chi connectivity index (χ0n) is 19.9. The minimum Gasteiger partial charge on any atom is -0.396 e. The SMILES string of the molecule is CC(=O)c1cc(N)c(NC2CCCCC2)s1.CC(=O)c1cc([N+](=O)[O-])c(NC2CCCCC2)s1. The largest absolute Gasteiger partial charge is 0.396 e. The Hall–Kier alpha value is -2.46. The summed E-state index contributed by atoms with van der Waals surface area (Å²) < 4.78 is 0. The van der Waals surface area contributed by atoms with E-state index >= 15 is 0 Å². The van der Waals surface area contributed by atoms with Gasteiger partial charge < -0.3 is 16.4 Å². The van der Waals surface area contributed by atoms with Crippen molar-refractivity contribution in [3.8, 4) is 0 Å². The van der Waals surface area contributed by atoms with E-state index in [-0.39, 0.29) is 17.3 Å². The number of anilines is 3. The number of rotatable bonds is 7. The van der Waals surface area contributed by atoms with Gasteiger partial charge >= 0.3 is 5.69 Å². The summed E-state index contributed by atoms with van der Waals surface area (Å²) in [4.78, 5) is 34.2. The molecule has 4 N–H and O–H groups in total. The Morgan fingerprint density at radius 1 is 0.853 bits per heavy atom. The molecule has 2 fully saturated rings. The van der Waals surface area contributed by atoms with Crippen LogP contribution in [0, 0.1) is 10.1 Å². The van der Waals surface area contributed by atoms with Gasteiger partial charge in [-0.3, -0.25) is 19.7 Å². The lowest BCUT2D eigenvalue weighted by atomic mass is 9.96. The van der Waals surface area contributed by atoms with Crippen molar-refractivity contribution >= 4 is 55.6 Å². The Kier molecular flexibility index (Phi) is 9.46. The van der Waals surface area contributed by atoms with Crippen LogP contribution in [-0.2, 0) is 0 Å². The molecule has 0 aromatic carbocycles. The molecule has 186 valence electrons. The second-order valence-corrected chi connectivity index (χ2v) is 11.2. The van der Waals surface area contributed by atoms with Gasteiger partial charge in [-0.1, -0.05) is 38.5 Å². The highest BCUT2D eigenvalue weighted by atomic mass is 32.1. The first-order valence-corrected chi connectivity index (χ1v) is 13.6. The maximum atomic E-state index is 11.3. The second-order valence-electron chi connectivity index (χ2n) is 9.05. The molecule has 2 aromatic rings. The molecule has 10 heteroatoms. The molecule has 0 spiro atoms. The Labute approximate surface area is 208 Å². The fourth-order valence-corrected chi connectivity index (χ4v) is 6.30. The quantitative estimate of drug-likeness (QED) is 0.212. The maximum Gasteiger partial charge on any atom is 0.304 e. The molecule has 2 saturated carbocycles. The van der Waals surface area contributed by atoms with Crippen LogP contribution in [0.5, 0.6) is 0 Å². The van der Waals surface area contributed by atoms with Crippen LogP contribution in [0.15, 0.2) is 12.1 Å². The molecule has 0 saturated heterocycles. The fraction of sp³-hybridized carbons (Fsp3) is 0.583. The van der Waals surface area contributed by atoms with Gasteiger partial charge in [0.05, 0.1) is 20.4 Å². The maximum absolute atomic E-state index is 11.3. The Balaban J connectivity index is 0.000000192. The summed E-state index contributed by atoms with van der Waals surface area (Å²) in [6.07, 6.45) is 12.0. The topological polar surface area (TPSA) is 127 Å². The summed E-state index contributed by atoms with van der Waals surface area (Å²) in [5.41, 5.74) is 6.62. The van der Waals surface area contributed by atoms with E-state index in [0.717, 1.165) is 35.6 Å². The zero-order valence-corrected chi connectivity index (χ0v) is 21.5. The van der Waals surface area contributed by atoms with Crippen molar-refractivity contribution in [3.05, 3.63) is 32.0 Å². The Morgan fingerprint density at radius 3 is 1.74 bits per heavy atom. The molecule has 0 atom stereocenters. The fourth-order valence-electron chi connectivity index (χ4n) is 4.35. The molecule has 2 heterocycles. The first-order chi connectivity index (χ1) is 16.2. The number of hydrogen-bond donors (Lipinski definition) is 3. The van der Waals surface area contributed by atoms with E-state index in [4.69, 9.17) is 5.73 Å². The number of nitrogen functional groups attached to an aromatic ring is 1. The van der Waals surface area contributed by atoms with Crippen LogP contribution >= 0.6 is 22.7 Å². The number of carbonyl (C=O) groups excluding carboxylic acids is 2. The van der Waals surface area contributed by atoms with Crippen molar-refractivity contribution in [2.45, 2.75) is 90.1 Å². The van der Waals surface area contributed by atoms with Crippen LogP contribution in [0.4, 0.5) is 21.4 Å². The predicted molar refractivity (Wildman–Crippen MR) is 141 cm³/mol. The number of Topliss-reactive ketones (excluding diaryl/α,β-unsaturated/α-hetero) is 2. The molecule has 2 aromatic heterocycles. The number of hydrogen-bond acceptors (Lipinski definition) is 9. The molecule has 0 bridgehead atoms. The first-order valence-electron chi connectivity index (χ1n) is 12.0. The summed E-state index contributed by atoms with van der Waals surface area (Å²) in [5, 5.41) is 19.2.